The predicted octanol–water partition coefficient (Wildman–Crippen LogP) is 4.88. The second kappa shape index (κ2) is 7.25. The lowest BCUT2D eigenvalue weighted by Crippen LogP contribution is -2.43. The van der Waals surface area contributed by atoms with Crippen LogP contribution in [-0.4, -0.2) is 33.8 Å². The first-order chi connectivity index (χ1) is 14.1. The van der Waals surface area contributed by atoms with E-state index < -0.39 is 6.10 Å². The van der Waals surface area contributed by atoms with Gasteiger partial charge in [0, 0.05) is 41.4 Å². The second-order valence-corrected chi connectivity index (χ2v) is 7.84. The Morgan fingerprint density at radius 1 is 0.862 bits per heavy atom. The van der Waals surface area contributed by atoms with Gasteiger partial charge in [-0.15, -0.1) is 0 Å². The average Bonchev–Trinajstić information content (AvgIpc) is 3.03. The van der Waals surface area contributed by atoms with Gasteiger partial charge in [-0.2, -0.15) is 0 Å². The maximum absolute atomic E-state index is 13.9. The third-order valence-electron chi connectivity index (χ3n) is 5.94. The quantitative estimate of drug-likeness (QED) is 0.538. The number of aromatic nitrogens is 1. The SMILES string of the molecule is O[C@H]1CCN(Cc2ccccc2)C[C@@H]1n1c2ccc(F)cc2c2cc(F)ccc21. The molecule has 0 amide bonds. The molecule has 0 spiro atoms. The molecule has 1 aromatic heterocycles. The highest BCUT2D eigenvalue weighted by atomic mass is 19.1. The van der Waals surface area contributed by atoms with E-state index in [9.17, 15) is 13.9 Å². The number of hydrogen-bond donors (Lipinski definition) is 1. The van der Waals surface area contributed by atoms with Gasteiger partial charge in [0.15, 0.2) is 0 Å². The lowest BCUT2D eigenvalue weighted by atomic mass is 10.0. The van der Waals surface area contributed by atoms with Gasteiger partial charge in [-0.05, 0) is 48.4 Å². The zero-order valence-electron chi connectivity index (χ0n) is 15.9. The topological polar surface area (TPSA) is 28.4 Å². The molecule has 2 atom stereocenters. The number of aliphatic hydroxyl groups is 1. The van der Waals surface area contributed by atoms with E-state index in [1.54, 1.807) is 12.1 Å². The van der Waals surface area contributed by atoms with E-state index in [2.05, 4.69) is 21.6 Å². The van der Waals surface area contributed by atoms with E-state index in [4.69, 9.17) is 0 Å². The van der Waals surface area contributed by atoms with Crippen molar-refractivity contribution in [1.29, 1.82) is 0 Å². The first-order valence-electron chi connectivity index (χ1n) is 9.93. The number of fused-ring (bicyclic) bond motifs is 3. The molecule has 5 rings (SSSR count). The molecule has 148 valence electrons. The summed E-state index contributed by atoms with van der Waals surface area (Å²) < 4.78 is 29.9. The zero-order valence-corrected chi connectivity index (χ0v) is 15.9. The Balaban J connectivity index is 1.59. The molecule has 29 heavy (non-hydrogen) atoms. The van der Waals surface area contributed by atoms with Crippen molar-refractivity contribution >= 4 is 21.8 Å². The monoisotopic (exact) mass is 392 g/mol. The summed E-state index contributed by atoms with van der Waals surface area (Å²) in [7, 11) is 0. The van der Waals surface area contributed by atoms with Crippen LogP contribution in [0.5, 0.6) is 0 Å². The van der Waals surface area contributed by atoms with Crippen molar-refractivity contribution in [2.75, 3.05) is 13.1 Å². The van der Waals surface area contributed by atoms with E-state index in [-0.39, 0.29) is 17.7 Å². The smallest absolute Gasteiger partial charge is 0.123 e. The summed E-state index contributed by atoms with van der Waals surface area (Å²) in [5.74, 6) is -0.702. The highest BCUT2D eigenvalue weighted by Gasteiger charge is 2.31. The van der Waals surface area contributed by atoms with Gasteiger partial charge in [-0.3, -0.25) is 4.90 Å². The van der Waals surface area contributed by atoms with Crippen LogP contribution in [0.3, 0.4) is 0 Å². The molecule has 1 N–H and O–H groups in total. The van der Waals surface area contributed by atoms with Crippen LogP contribution < -0.4 is 0 Å². The molecule has 0 bridgehead atoms. The molecule has 1 aliphatic rings. The summed E-state index contributed by atoms with van der Waals surface area (Å²) in [4.78, 5) is 2.33. The number of nitrogens with zero attached hydrogens (tertiary/aromatic N) is 2. The van der Waals surface area contributed by atoms with E-state index >= 15 is 0 Å². The Hall–Kier alpha value is -2.76. The van der Waals surface area contributed by atoms with Gasteiger partial charge < -0.3 is 9.67 Å². The average molecular weight is 392 g/mol. The van der Waals surface area contributed by atoms with Crippen LogP contribution in [0.2, 0.25) is 0 Å². The molecule has 0 aliphatic carbocycles. The third-order valence-corrected chi connectivity index (χ3v) is 5.94. The summed E-state index contributed by atoms with van der Waals surface area (Å²) >= 11 is 0. The van der Waals surface area contributed by atoms with Crippen molar-refractivity contribution in [2.45, 2.75) is 25.1 Å². The predicted molar refractivity (Wildman–Crippen MR) is 111 cm³/mol. The molecule has 3 aromatic carbocycles. The largest absolute Gasteiger partial charge is 0.391 e. The minimum atomic E-state index is -0.518. The van der Waals surface area contributed by atoms with Crippen molar-refractivity contribution in [2.24, 2.45) is 0 Å². The maximum atomic E-state index is 13.9. The number of rotatable bonds is 3. The first-order valence-corrected chi connectivity index (χ1v) is 9.93. The van der Waals surface area contributed by atoms with Gasteiger partial charge in [0.2, 0.25) is 0 Å². The minimum Gasteiger partial charge on any atom is -0.391 e. The van der Waals surface area contributed by atoms with Crippen molar-refractivity contribution in [1.82, 2.24) is 9.47 Å². The van der Waals surface area contributed by atoms with Crippen LogP contribution >= 0.6 is 0 Å². The molecule has 1 fully saturated rings. The van der Waals surface area contributed by atoms with Crippen LogP contribution in [0.25, 0.3) is 21.8 Å². The third kappa shape index (κ3) is 3.30. The summed E-state index contributed by atoms with van der Waals surface area (Å²) in [6.07, 6.45) is 0.136. The van der Waals surface area contributed by atoms with Crippen LogP contribution in [0.1, 0.15) is 18.0 Å². The molecule has 1 aliphatic heterocycles. The fourth-order valence-corrected chi connectivity index (χ4v) is 4.58. The summed E-state index contributed by atoms with van der Waals surface area (Å²) in [5, 5.41) is 12.2. The van der Waals surface area contributed by atoms with Crippen molar-refractivity contribution < 1.29 is 13.9 Å². The van der Waals surface area contributed by atoms with Crippen LogP contribution in [0.4, 0.5) is 8.78 Å². The Morgan fingerprint density at radius 3 is 2.10 bits per heavy atom. The summed E-state index contributed by atoms with van der Waals surface area (Å²) in [5.41, 5.74) is 2.87. The zero-order chi connectivity index (χ0) is 20.0. The summed E-state index contributed by atoms with van der Waals surface area (Å²) in [6.45, 7) is 2.29. The number of halogens is 2. The minimum absolute atomic E-state index is 0.191. The van der Waals surface area contributed by atoms with E-state index in [0.29, 0.717) is 23.7 Å². The number of benzene rings is 3. The van der Waals surface area contributed by atoms with E-state index in [0.717, 1.165) is 24.1 Å². The van der Waals surface area contributed by atoms with Crippen molar-refractivity contribution in [3.8, 4) is 0 Å². The fraction of sp³-hybridized carbons (Fsp3) is 0.250. The Kier molecular flexibility index (Phi) is 4.57. The normalized spacial score (nSPS) is 20.5. The molecule has 0 saturated carbocycles. The molecule has 2 heterocycles. The highest BCUT2D eigenvalue weighted by molar-refractivity contribution is 6.08. The van der Waals surface area contributed by atoms with Crippen LogP contribution in [-0.2, 0) is 6.54 Å². The van der Waals surface area contributed by atoms with E-state index in [1.807, 2.05) is 18.2 Å². The maximum Gasteiger partial charge on any atom is 0.123 e. The molecule has 0 radical (unpaired) electrons. The standard InChI is InChI=1S/C24H22F2N2O/c25-17-6-8-21-19(12-17)20-13-18(26)7-9-22(20)28(21)23-15-27(11-10-24(23)29)14-16-4-2-1-3-5-16/h1-9,12-13,23-24,29H,10-11,14-15H2/t23-,24-/m0/s1. The molecule has 5 heteroatoms. The Labute approximate surface area is 167 Å². The van der Waals surface area contributed by atoms with Crippen molar-refractivity contribution in [3.05, 3.63) is 83.9 Å². The van der Waals surface area contributed by atoms with E-state index in [1.165, 1.54) is 29.8 Å². The number of piperidine rings is 1. The van der Waals surface area contributed by atoms with Gasteiger partial charge in [-0.25, -0.2) is 8.78 Å². The number of aliphatic hydroxyl groups excluding tert-OH is 1. The molecular formula is C24H22F2N2O. The Morgan fingerprint density at radius 2 is 1.48 bits per heavy atom. The van der Waals surface area contributed by atoms with Crippen LogP contribution in [0.15, 0.2) is 66.7 Å². The molecule has 4 aromatic rings. The highest BCUT2D eigenvalue weighted by Crippen LogP contribution is 2.36. The van der Waals surface area contributed by atoms with Gasteiger partial charge >= 0.3 is 0 Å². The van der Waals surface area contributed by atoms with Gasteiger partial charge in [0.05, 0.1) is 12.1 Å². The summed E-state index contributed by atoms with van der Waals surface area (Å²) in [6, 6.07) is 19.3. The lowest BCUT2D eigenvalue weighted by molar-refractivity contribution is 0.0330. The second-order valence-electron chi connectivity index (χ2n) is 7.84. The molecule has 0 unspecified atom stereocenters. The molecular weight excluding hydrogens is 370 g/mol. The lowest BCUT2D eigenvalue weighted by Gasteiger charge is -2.37. The number of likely N-dealkylation sites (tertiary alicyclic amines) is 1. The number of hydrogen-bond acceptors (Lipinski definition) is 2. The van der Waals surface area contributed by atoms with Crippen LogP contribution in [0, 0.1) is 11.6 Å². The first kappa shape index (κ1) is 18.3. The van der Waals surface area contributed by atoms with Gasteiger partial charge in [0.25, 0.3) is 0 Å². The van der Waals surface area contributed by atoms with Gasteiger partial charge in [-0.1, -0.05) is 30.3 Å². The molecule has 3 nitrogen and oxygen atoms in total. The van der Waals surface area contributed by atoms with Crippen molar-refractivity contribution in [3.63, 3.8) is 0 Å². The Bertz CT molecular complexity index is 1110. The fourth-order valence-electron chi connectivity index (χ4n) is 4.58. The van der Waals surface area contributed by atoms with Gasteiger partial charge in [0.1, 0.15) is 11.6 Å². The molecule has 1 saturated heterocycles.